The van der Waals surface area contributed by atoms with Crippen LogP contribution in [0.15, 0.2) is 28.8 Å². The van der Waals surface area contributed by atoms with Gasteiger partial charge in [-0.25, -0.2) is 4.79 Å². The maximum atomic E-state index is 12.5. The first-order chi connectivity index (χ1) is 10.6. The molecular formula is C16H18N2O4. The van der Waals surface area contributed by atoms with Crippen LogP contribution in [0.1, 0.15) is 29.5 Å². The molecule has 0 bridgehead atoms. The van der Waals surface area contributed by atoms with Crippen LogP contribution < -0.4 is 0 Å². The summed E-state index contributed by atoms with van der Waals surface area (Å²) < 4.78 is 16.1. The summed E-state index contributed by atoms with van der Waals surface area (Å²) in [6.07, 6.45) is 0.728. The molecule has 0 amide bonds. The first kappa shape index (κ1) is 14.7. The predicted molar refractivity (Wildman–Crippen MR) is 78.3 cm³/mol. The van der Waals surface area contributed by atoms with Crippen molar-refractivity contribution in [3.05, 3.63) is 35.7 Å². The molecular weight excluding hydrogens is 284 g/mol. The van der Waals surface area contributed by atoms with Gasteiger partial charge in [0.05, 0.1) is 17.7 Å². The third-order valence-corrected chi connectivity index (χ3v) is 3.83. The van der Waals surface area contributed by atoms with E-state index in [1.807, 2.05) is 13.0 Å². The second-order valence-electron chi connectivity index (χ2n) is 5.43. The van der Waals surface area contributed by atoms with Gasteiger partial charge in [-0.15, -0.1) is 0 Å². The van der Waals surface area contributed by atoms with Gasteiger partial charge < -0.3 is 14.0 Å². The van der Waals surface area contributed by atoms with Crippen LogP contribution in [0, 0.1) is 12.8 Å². The van der Waals surface area contributed by atoms with Crippen molar-refractivity contribution >= 4 is 5.97 Å². The highest BCUT2D eigenvalue weighted by Gasteiger charge is 2.27. The molecule has 22 heavy (non-hydrogen) atoms. The molecule has 0 radical (unpaired) electrons. The molecule has 6 nitrogen and oxygen atoms in total. The van der Waals surface area contributed by atoms with Gasteiger partial charge in [-0.3, -0.25) is 0 Å². The topological polar surface area (TPSA) is 74.5 Å². The van der Waals surface area contributed by atoms with Crippen molar-refractivity contribution in [1.29, 1.82) is 0 Å². The molecule has 0 aliphatic carbocycles. The normalized spacial score (nSPS) is 19.1. The molecule has 1 fully saturated rings. The Morgan fingerprint density at radius 2 is 2.23 bits per heavy atom. The minimum atomic E-state index is -0.383. The van der Waals surface area contributed by atoms with Crippen LogP contribution in [0.4, 0.5) is 0 Å². The molecule has 0 spiro atoms. The number of aromatic nitrogens is 2. The third kappa shape index (κ3) is 3.01. The number of aryl methyl sites for hydroxylation is 1. The summed E-state index contributed by atoms with van der Waals surface area (Å²) in [5, 5.41) is 3.76. The Hall–Kier alpha value is -2.21. The van der Waals surface area contributed by atoms with Crippen molar-refractivity contribution in [2.24, 2.45) is 5.92 Å². The zero-order chi connectivity index (χ0) is 15.5. The van der Waals surface area contributed by atoms with E-state index >= 15 is 0 Å². The van der Waals surface area contributed by atoms with E-state index in [2.05, 4.69) is 10.1 Å². The van der Waals surface area contributed by atoms with Gasteiger partial charge in [0.25, 0.3) is 5.89 Å². The SMILES string of the molecule is Cc1noc(-c2ccccc2C(=O)O[C@H](C)[C@@H]2CCOC2)n1. The minimum Gasteiger partial charge on any atom is -0.459 e. The zero-order valence-corrected chi connectivity index (χ0v) is 12.6. The fourth-order valence-electron chi connectivity index (χ4n) is 2.51. The highest BCUT2D eigenvalue weighted by atomic mass is 16.5. The Morgan fingerprint density at radius 3 is 2.91 bits per heavy atom. The number of benzene rings is 1. The Bertz CT molecular complexity index is 662. The minimum absolute atomic E-state index is 0.188. The summed E-state index contributed by atoms with van der Waals surface area (Å²) >= 11 is 0. The van der Waals surface area contributed by atoms with Gasteiger partial charge in [0, 0.05) is 12.5 Å². The predicted octanol–water partition coefficient (Wildman–Crippen LogP) is 2.63. The van der Waals surface area contributed by atoms with Crippen molar-refractivity contribution < 1.29 is 18.8 Å². The second-order valence-corrected chi connectivity index (χ2v) is 5.43. The van der Waals surface area contributed by atoms with Crippen LogP contribution in [0.2, 0.25) is 0 Å². The molecule has 2 aromatic rings. The van der Waals surface area contributed by atoms with E-state index < -0.39 is 0 Å². The number of carbonyl (C=O) groups excluding carboxylic acids is 1. The maximum absolute atomic E-state index is 12.5. The number of rotatable bonds is 4. The Balaban J connectivity index is 1.80. The van der Waals surface area contributed by atoms with Gasteiger partial charge in [-0.2, -0.15) is 4.98 Å². The van der Waals surface area contributed by atoms with E-state index in [0.717, 1.165) is 13.0 Å². The lowest BCUT2D eigenvalue weighted by molar-refractivity contribution is 0.0180. The standard InChI is InChI=1S/C16H18N2O4/c1-10(12-7-8-20-9-12)21-16(19)14-6-4-3-5-13(14)15-17-11(2)18-22-15/h3-6,10,12H,7-9H2,1-2H3/t10-,12-/m1/s1. The van der Waals surface area contributed by atoms with Crippen molar-refractivity contribution in [2.75, 3.05) is 13.2 Å². The molecule has 1 aromatic carbocycles. The quantitative estimate of drug-likeness (QED) is 0.808. The van der Waals surface area contributed by atoms with Crippen LogP contribution >= 0.6 is 0 Å². The van der Waals surface area contributed by atoms with Crippen molar-refractivity contribution in [2.45, 2.75) is 26.4 Å². The molecule has 0 saturated carbocycles. The molecule has 1 aromatic heterocycles. The molecule has 3 rings (SSSR count). The number of carbonyl (C=O) groups is 1. The largest absolute Gasteiger partial charge is 0.459 e. The van der Waals surface area contributed by atoms with E-state index in [9.17, 15) is 4.79 Å². The molecule has 6 heteroatoms. The van der Waals surface area contributed by atoms with Gasteiger partial charge in [0.2, 0.25) is 0 Å². The molecule has 1 saturated heterocycles. The third-order valence-electron chi connectivity index (χ3n) is 3.83. The second kappa shape index (κ2) is 6.27. The molecule has 0 unspecified atom stereocenters. The van der Waals surface area contributed by atoms with Crippen LogP contribution in [0.25, 0.3) is 11.5 Å². The summed E-state index contributed by atoms with van der Waals surface area (Å²) in [5.74, 6) is 0.712. The summed E-state index contributed by atoms with van der Waals surface area (Å²) in [7, 11) is 0. The maximum Gasteiger partial charge on any atom is 0.339 e. The number of nitrogens with zero attached hydrogens (tertiary/aromatic N) is 2. The van der Waals surface area contributed by atoms with Crippen molar-refractivity contribution in [1.82, 2.24) is 10.1 Å². The Morgan fingerprint density at radius 1 is 1.41 bits per heavy atom. The van der Waals surface area contributed by atoms with E-state index in [4.69, 9.17) is 14.0 Å². The van der Waals surface area contributed by atoms with Gasteiger partial charge in [-0.05, 0) is 32.4 Å². The van der Waals surface area contributed by atoms with Gasteiger partial charge in [0.15, 0.2) is 5.82 Å². The Kier molecular flexibility index (Phi) is 4.20. The van der Waals surface area contributed by atoms with Crippen LogP contribution in [0.3, 0.4) is 0 Å². The number of hydrogen-bond acceptors (Lipinski definition) is 6. The summed E-state index contributed by atoms with van der Waals surface area (Å²) in [6, 6.07) is 7.08. The first-order valence-corrected chi connectivity index (χ1v) is 7.33. The van der Waals surface area contributed by atoms with Crippen LogP contribution in [-0.4, -0.2) is 35.4 Å². The molecule has 2 atom stereocenters. The van der Waals surface area contributed by atoms with Crippen molar-refractivity contribution in [3.63, 3.8) is 0 Å². The van der Waals surface area contributed by atoms with E-state index in [1.54, 1.807) is 25.1 Å². The highest BCUT2D eigenvalue weighted by molar-refractivity contribution is 5.96. The number of ether oxygens (including phenoxy) is 2. The number of hydrogen-bond donors (Lipinski definition) is 0. The lowest BCUT2D eigenvalue weighted by Gasteiger charge is -2.18. The van der Waals surface area contributed by atoms with Crippen LogP contribution in [0.5, 0.6) is 0 Å². The van der Waals surface area contributed by atoms with E-state index in [1.165, 1.54) is 0 Å². The van der Waals surface area contributed by atoms with Gasteiger partial charge >= 0.3 is 5.97 Å². The summed E-state index contributed by atoms with van der Waals surface area (Å²) in [6.45, 7) is 5.00. The molecule has 1 aliphatic heterocycles. The van der Waals surface area contributed by atoms with Gasteiger partial charge in [0.1, 0.15) is 6.10 Å². The van der Waals surface area contributed by atoms with E-state index in [0.29, 0.717) is 29.4 Å². The smallest absolute Gasteiger partial charge is 0.339 e. The average Bonchev–Trinajstić information content (AvgIpc) is 3.18. The lowest BCUT2D eigenvalue weighted by atomic mass is 10.0. The molecule has 2 heterocycles. The van der Waals surface area contributed by atoms with Crippen molar-refractivity contribution in [3.8, 4) is 11.5 Å². The zero-order valence-electron chi connectivity index (χ0n) is 12.6. The molecule has 1 aliphatic rings. The number of esters is 1. The Labute approximate surface area is 128 Å². The fraction of sp³-hybridized carbons (Fsp3) is 0.438. The van der Waals surface area contributed by atoms with Gasteiger partial charge in [-0.1, -0.05) is 17.3 Å². The fourth-order valence-corrected chi connectivity index (χ4v) is 2.51. The average molecular weight is 302 g/mol. The highest BCUT2D eigenvalue weighted by Crippen LogP contribution is 2.25. The monoisotopic (exact) mass is 302 g/mol. The lowest BCUT2D eigenvalue weighted by Crippen LogP contribution is -2.24. The molecule has 116 valence electrons. The van der Waals surface area contributed by atoms with E-state index in [-0.39, 0.29) is 18.0 Å². The summed E-state index contributed by atoms with van der Waals surface area (Å²) in [4.78, 5) is 16.6. The van der Waals surface area contributed by atoms with Crippen LogP contribution in [-0.2, 0) is 9.47 Å². The summed E-state index contributed by atoms with van der Waals surface area (Å²) in [5.41, 5.74) is 1.01. The molecule has 0 N–H and O–H groups in total. The first-order valence-electron chi connectivity index (χ1n) is 7.33.